The molecule has 0 aromatic carbocycles. The average molecular weight is 197 g/mol. The topological polar surface area (TPSA) is 49.3 Å². The number of aliphatic carboxylic acids is 1. The molecule has 0 aromatic heterocycles. The molecule has 0 aromatic rings. The van der Waals surface area contributed by atoms with Gasteiger partial charge < -0.3 is 10.4 Å². The maximum Gasteiger partial charge on any atom is 0.393 e. The third kappa shape index (κ3) is 2.58. The lowest BCUT2D eigenvalue weighted by Crippen LogP contribution is -2.45. The molecule has 13 heavy (non-hydrogen) atoms. The number of carboxylic acids is 1. The molecular weight excluding hydrogens is 187 g/mol. The van der Waals surface area contributed by atoms with E-state index in [1.165, 1.54) is 0 Å². The van der Waals surface area contributed by atoms with Gasteiger partial charge in [0.15, 0.2) is 0 Å². The lowest BCUT2D eigenvalue weighted by Gasteiger charge is -2.28. The van der Waals surface area contributed by atoms with Crippen LogP contribution in [0.15, 0.2) is 0 Å². The van der Waals surface area contributed by atoms with E-state index in [1.54, 1.807) is 0 Å². The van der Waals surface area contributed by atoms with Crippen LogP contribution < -0.4 is 5.32 Å². The van der Waals surface area contributed by atoms with Crippen molar-refractivity contribution in [2.45, 2.75) is 12.6 Å². The van der Waals surface area contributed by atoms with Crippen LogP contribution in [0.2, 0.25) is 0 Å². The molecule has 6 heteroatoms. The summed E-state index contributed by atoms with van der Waals surface area (Å²) in [6.45, 7) is -0.0464. The monoisotopic (exact) mass is 197 g/mol. The van der Waals surface area contributed by atoms with Crippen LogP contribution in [-0.4, -0.2) is 30.3 Å². The summed E-state index contributed by atoms with van der Waals surface area (Å²) in [6.07, 6.45) is -4.60. The molecule has 0 aliphatic carbocycles. The summed E-state index contributed by atoms with van der Waals surface area (Å²) in [5.74, 6) is -3.61. The van der Waals surface area contributed by atoms with Gasteiger partial charge >= 0.3 is 12.1 Å². The van der Waals surface area contributed by atoms with E-state index >= 15 is 0 Å². The zero-order valence-electron chi connectivity index (χ0n) is 6.77. The summed E-state index contributed by atoms with van der Waals surface area (Å²) in [5.41, 5.74) is 0. The summed E-state index contributed by atoms with van der Waals surface area (Å²) in [5, 5.41) is 11.0. The van der Waals surface area contributed by atoms with Crippen LogP contribution in [0.1, 0.15) is 6.42 Å². The van der Waals surface area contributed by atoms with Gasteiger partial charge in [0.25, 0.3) is 0 Å². The van der Waals surface area contributed by atoms with Gasteiger partial charge in [-0.05, 0) is 6.42 Å². The zero-order valence-corrected chi connectivity index (χ0v) is 6.77. The molecule has 2 atom stereocenters. The van der Waals surface area contributed by atoms with Gasteiger partial charge in [0.2, 0.25) is 0 Å². The second kappa shape index (κ2) is 3.53. The quantitative estimate of drug-likeness (QED) is 0.655. The Hall–Kier alpha value is -0.780. The van der Waals surface area contributed by atoms with E-state index in [0.717, 1.165) is 0 Å². The fraction of sp³-hybridized carbons (Fsp3) is 0.857. The molecule has 0 amide bonds. The van der Waals surface area contributed by atoms with Crippen molar-refractivity contribution in [2.24, 2.45) is 11.8 Å². The van der Waals surface area contributed by atoms with Crippen LogP contribution in [-0.2, 0) is 4.79 Å². The van der Waals surface area contributed by atoms with Crippen molar-refractivity contribution in [2.75, 3.05) is 13.1 Å². The molecule has 1 aliphatic heterocycles. The number of rotatable bonds is 1. The molecule has 1 heterocycles. The van der Waals surface area contributed by atoms with Gasteiger partial charge in [-0.1, -0.05) is 0 Å². The van der Waals surface area contributed by atoms with Crippen LogP contribution in [0, 0.1) is 11.8 Å². The summed E-state index contributed by atoms with van der Waals surface area (Å²) in [6, 6.07) is 0. The Morgan fingerprint density at radius 1 is 1.38 bits per heavy atom. The Labute approximate surface area is 72.9 Å². The van der Waals surface area contributed by atoms with Gasteiger partial charge in [-0.3, -0.25) is 4.79 Å². The Morgan fingerprint density at radius 3 is 2.46 bits per heavy atom. The molecule has 0 bridgehead atoms. The third-order valence-electron chi connectivity index (χ3n) is 2.16. The number of hydrogen-bond acceptors (Lipinski definition) is 2. The minimum absolute atomic E-state index is 0.127. The van der Waals surface area contributed by atoms with Crippen LogP contribution >= 0.6 is 0 Å². The Morgan fingerprint density at radius 2 is 2.00 bits per heavy atom. The van der Waals surface area contributed by atoms with E-state index in [0.29, 0.717) is 0 Å². The van der Waals surface area contributed by atoms with Gasteiger partial charge in [-0.2, -0.15) is 13.2 Å². The van der Waals surface area contributed by atoms with Gasteiger partial charge in [-0.25, -0.2) is 0 Å². The largest absolute Gasteiger partial charge is 0.481 e. The number of halogens is 3. The highest BCUT2D eigenvalue weighted by molar-refractivity contribution is 5.70. The SMILES string of the molecule is O=C(O)C1CNCC(C(F)(F)F)C1. The van der Waals surface area contributed by atoms with Crippen LogP contribution in [0.4, 0.5) is 13.2 Å². The van der Waals surface area contributed by atoms with E-state index in [1.807, 2.05) is 0 Å². The maximum atomic E-state index is 12.1. The molecule has 1 rings (SSSR count). The van der Waals surface area contributed by atoms with Crippen LogP contribution in [0.25, 0.3) is 0 Å². The molecule has 1 fully saturated rings. The lowest BCUT2D eigenvalue weighted by molar-refractivity contribution is -0.184. The molecule has 0 radical (unpaired) electrons. The molecule has 1 aliphatic rings. The minimum atomic E-state index is -4.29. The lowest BCUT2D eigenvalue weighted by atomic mass is 9.90. The second-order valence-electron chi connectivity index (χ2n) is 3.17. The molecule has 76 valence electrons. The number of alkyl halides is 3. The van der Waals surface area contributed by atoms with E-state index in [-0.39, 0.29) is 19.5 Å². The normalized spacial score (nSPS) is 30.1. The van der Waals surface area contributed by atoms with Crippen LogP contribution in [0.5, 0.6) is 0 Å². The predicted octanol–water partition coefficient (Wildman–Crippen LogP) is 0.859. The maximum absolute atomic E-state index is 12.1. The first-order chi connectivity index (χ1) is 5.91. The number of nitrogens with one attached hydrogen (secondary N) is 1. The number of piperidine rings is 1. The van der Waals surface area contributed by atoms with Crippen molar-refractivity contribution in [3.63, 3.8) is 0 Å². The third-order valence-corrected chi connectivity index (χ3v) is 2.16. The fourth-order valence-corrected chi connectivity index (χ4v) is 1.38. The van der Waals surface area contributed by atoms with Crippen molar-refractivity contribution in [1.82, 2.24) is 5.32 Å². The first-order valence-corrected chi connectivity index (χ1v) is 3.91. The molecule has 2 unspecified atom stereocenters. The summed E-state index contributed by atoms with van der Waals surface area (Å²) in [4.78, 5) is 10.4. The highest BCUT2D eigenvalue weighted by Gasteiger charge is 2.43. The first kappa shape index (κ1) is 10.3. The Balaban J connectivity index is 2.57. The van der Waals surface area contributed by atoms with Gasteiger partial charge in [0.05, 0.1) is 11.8 Å². The summed E-state index contributed by atoms with van der Waals surface area (Å²) in [7, 11) is 0. The van der Waals surface area contributed by atoms with Crippen molar-refractivity contribution in [1.29, 1.82) is 0 Å². The molecule has 2 N–H and O–H groups in total. The Kier molecular flexibility index (Phi) is 2.80. The van der Waals surface area contributed by atoms with E-state index in [4.69, 9.17) is 5.11 Å². The molecular formula is C7H10F3NO2. The van der Waals surface area contributed by atoms with Crippen LogP contribution in [0.3, 0.4) is 0 Å². The standard InChI is InChI=1S/C7H10F3NO2/c8-7(9,10)5-1-4(6(12)13)2-11-3-5/h4-5,11H,1-3H2,(H,12,13). The van der Waals surface area contributed by atoms with E-state index < -0.39 is 24.0 Å². The fourth-order valence-electron chi connectivity index (χ4n) is 1.38. The average Bonchev–Trinajstić information content (AvgIpc) is 2.03. The number of carboxylic acid groups (broad SMARTS) is 1. The van der Waals surface area contributed by atoms with Gasteiger partial charge in [0.1, 0.15) is 0 Å². The molecule has 3 nitrogen and oxygen atoms in total. The smallest absolute Gasteiger partial charge is 0.393 e. The predicted molar refractivity (Wildman–Crippen MR) is 38.2 cm³/mol. The summed E-state index contributed by atoms with van der Waals surface area (Å²) < 4.78 is 36.4. The van der Waals surface area contributed by atoms with Crippen molar-refractivity contribution in [3.8, 4) is 0 Å². The van der Waals surface area contributed by atoms with Crippen molar-refractivity contribution >= 4 is 5.97 Å². The van der Waals surface area contributed by atoms with Crippen molar-refractivity contribution < 1.29 is 23.1 Å². The number of hydrogen-bond donors (Lipinski definition) is 2. The highest BCUT2D eigenvalue weighted by Crippen LogP contribution is 2.32. The minimum Gasteiger partial charge on any atom is -0.481 e. The molecule has 0 spiro atoms. The highest BCUT2D eigenvalue weighted by atomic mass is 19.4. The molecule has 0 saturated carbocycles. The van der Waals surface area contributed by atoms with Gasteiger partial charge in [-0.15, -0.1) is 0 Å². The second-order valence-corrected chi connectivity index (χ2v) is 3.17. The van der Waals surface area contributed by atoms with Crippen molar-refractivity contribution in [3.05, 3.63) is 0 Å². The zero-order chi connectivity index (χ0) is 10.1. The number of carbonyl (C=O) groups is 1. The van der Waals surface area contributed by atoms with E-state index in [2.05, 4.69) is 5.32 Å². The van der Waals surface area contributed by atoms with E-state index in [9.17, 15) is 18.0 Å². The Bertz CT molecular complexity index is 204. The van der Waals surface area contributed by atoms with Gasteiger partial charge in [0, 0.05) is 13.1 Å². The summed E-state index contributed by atoms with van der Waals surface area (Å²) >= 11 is 0. The first-order valence-electron chi connectivity index (χ1n) is 3.91. The molecule has 1 saturated heterocycles.